The molecule has 2 amide bonds. The minimum Gasteiger partial charge on any atom is -0.395 e. The van der Waals surface area contributed by atoms with Crippen molar-refractivity contribution in [2.45, 2.75) is 18.9 Å². The van der Waals surface area contributed by atoms with E-state index in [-0.39, 0.29) is 18.7 Å². The van der Waals surface area contributed by atoms with Crippen LogP contribution in [0.5, 0.6) is 0 Å². The van der Waals surface area contributed by atoms with Crippen molar-refractivity contribution in [1.82, 2.24) is 5.32 Å². The van der Waals surface area contributed by atoms with Gasteiger partial charge >= 0.3 is 6.03 Å². The molecule has 3 N–H and O–H groups in total. The van der Waals surface area contributed by atoms with Crippen LogP contribution in [0.1, 0.15) is 18.4 Å². The fourth-order valence-electron chi connectivity index (χ4n) is 1.86. The van der Waals surface area contributed by atoms with Crippen LogP contribution in [-0.4, -0.2) is 37.0 Å². The van der Waals surface area contributed by atoms with Crippen LogP contribution in [0.3, 0.4) is 0 Å². The molecular weight excluding hydrogens is 256 g/mol. The number of hydrogen-bond acceptors (Lipinski definition) is 3. The molecule has 1 fully saturated rings. The van der Waals surface area contributed by atoms with Gasteiger partial charge in [0.15, 0.2) is 0 Å². The largest absolute Gasteiger partial charge is 0.395 e. The molecule has 1 heterocycles. The van der Waals surface area contributed by atoms with Gasteiger partial charge in [-0.3, -0.25) is 0 Å². The molecule has 1 aromatic rings. The second-order valence-electron chi connectivity index (χ2n) is 4.51. The van der Waals surface area contributed by atoms with Crippen molar-refractivity contribution < 1.29 is 14.6 Å². The second-order valence-corrected chi connectivity index (χ2v) is 4.51. The number of carbonyl (C=O) groups excluding carboxylic acids is 1. The smallest absolute Gasteiger partial charge is 0.319 e. The van der Waals surface area contributed by atoms with Gasteiger partial charge in [-0.2, -0.15) is 0 Å². The first-order valence-corrected chi connectivity index (χ1v) is 6.63. The Bertz CT molecular complexity index is 496. The van der Waals surface area contributed by atoms with Crippen molar-refractivity contribution in [3.8, 4) is 11.8 Å². The van der Waals surface area contributed by atoms with Gasteiger partial charge in [-0.05, 0) is 30.7 Å². The molecule has 20 heavy (non-hydrogen) atoms. The van der Waals surface area contributed by atoms with Crippen molar-refractivity contribution in [3.05, 3.63) is 29.8 Å². The minimum absolute atomic E-state index is 0.0672. The molecule has 5 heteroatoms. The predicted molar refractivity (Wildman–Crippen MR) is 76.4 cm³/mol. The van der Waals surface area contributed by atoms with E-state index in [1.54, 1.807) is 12.1 Å². The number of aliphatic hydroxyl groups is 1. The van der Waals surface area contributed by atoms with Crippen molar-refractivity contribution >= 4 is 11.7 Å². The van der Waals surface area contributed by atoms with Crippen LogP contribution in [0.15, 0.2) is 24.3 Å². The third-order valence-electron chi connectivity index (χ3n) is 2.88. The number of benzene rings is 1. The summed E-state index contributed by atoms with van der Waals surface area (Å²) in [5.41, 5.74) is 1.57. The molecule has 1 aliphatic rings. The summed E-state index contributed by atoms with van der Waals surface area (Å²) in [6, 6.07) is 7.14. The predicted octanol–water partition coefficient (Wildman–Crippen LogP) is 1.33. The molecule has 5 nitrogen and oxygen atoms in total. The van der Waals surface area contributed by atoms with E-state index >= 15 is 0 Å². The number of anilines is 1. The minimum atomic E-state index is -0.223. The maximum absolute atomic E-state index is 11.7. The number of ether oxygens (including phenoxy) is 1. The van der Waals surface area contributed by atoms with E-state index in [0.717, 1.165) is 12.0 Å². The van der Waals surface area contributed by atoms with Gasteiger partial charge in [-0.15, -0.1) is 0 Å². The van der Waals surface area contributed by atoms with Crippen molar-refractivity contribution in [2.75, 3.05) is 25.1 Å². The molecule has 1 unspecified atom stereocenters. The highest BCUT2D eigenvalue weighted by Crippen LogP contribution is 2.09. The summed E-state index contributed by atoms with van der Waals surface area (Å²) in [6.45, 7) is 1.34. The summed E-state index contributed by atoms with van der Waals surface area (Å²) in [4.78, 5) is 11.7. The fourth-order valence-corrected chi connectivity index (χ4v) is 1.86. The van der Waals surface area contributed by atoms with Crippen LogP contribution in [0.4, 0.5) is 10.5 Å². The lowest BCUT2D eigenvalue weighted by Gasteiger charge is -2.11. The van der Waals surface area contributed by atoms with E-state index in [1.165, 1.54) is 0 Å². The van der Waals surface area contributed by atoms with E-state index in [1.807, 2.05) is 12.1 Å². The molecule has 0 bridgehead atoms. The highest BCUT2D eigenvalue weighted by molar-refractivity contribution is 5.89. The lowest BCUT2D eigenvalue weighted by molar-refractivity contribution is 0.189. The Kier molecular flexibility index (Phi) is 5.42. The van der Waals surface area contributed by atoms with Crippen molar-refractivity contribution in [1.29, 1.82) is 0 Å². The average Bonchev–Trinajstić information content (AvgIpc) is 2.94. The third kappa shape index (κ3) is 4.57. The monoisotopic (exact) mass is 274 g/mol. The Morgan fingerprint density at radius 2 is 2.20 bits per heavy atom. The zero-order valence-corrected chi connectivity index (χ0v) is 11.2. The number of hydrogen-bond donors (Lipinski definition) is 3. The first kappa shape index (κ1) is 14.4. The second kappa shape index (κ2) is 7.53. The van der Waals surface area contributed by atoms with Gasteiger partial charge in [0.05, 0.1) is 19.3 Å². The average molecular weight is 274 g/mol. The zero-order valence-electron chi connectivity index (χ0n) is 11.2. The van der Waals surface area contributed by atoms with Crippen LogP contribution in [0.25, 0.3) is 0 Å². The highest BCUT2D eigenvalue weighted by atomic mass is 16.5. The van der Waals surface area contributed by atoms with E-state index in [4.69, 9.17) is 9.84 Å². The molecule has 0 saturated carbocycles. The molecule has 1 atom stereocenters. The number of carbonyl (C=O) groups is 1. The van der Waals surface area contributed by atoms with Gasteiger partial charge in [-0.1, -0.05) is 11.8 Å². The summed E-state index contributed by atoms with van der Waals surface area (Å²) in [5, 5.41) is 14.3. The quantitative estimate of drug-likeness (QED) is 0.728. The van der Waals surface area contributed by atoms with E-state index in [0.29, 0.717) is 25.3 Å². The normalized spacial score (nSPS) is 17.1. The standard InChI is InChI=1S/C15H18N2O3/c18-9-2-1-3-12-4-6-13(7-5-12)16-15(19)17-14-8-10-20-11-14/h4-7,14,18H,2,8-11H2,(H2,16,17,19). The summed E-state index contributed by atoms with van der Waals surface area (Å²) < 4.78 is 5.20. The maximum Gasteiger partial charge on any atom is 0.319 e. The van der Waals surface area contributed by atoms with E-state index < -0.39 is 0 Å². The first-order chi connectivity index (χ1) is 9.78. The van der Waals surface area contributed by atoms with Gasteiger partial charge in [0.2, 0.25) is 0 Å². The molecule has 106 valence electrons. The molecule has 1 aliphatic heterocycles. The van der Waals surface area contributed by atoms with Gasteiger partial charge in [0.1, 0.15) is 0 Å². The van der Waals surface area contributed by atoms with Crippen LogP contribution in [0, 0.1) is 11.8 Å². The molecule has 2 rings (SSSR count). The molecule has 0 aliphatic carbocycles. The summed E-state index contributed by atoms with van der Waals surface area (Å²) >= 11 is 0. The van der Waals surface area contributed by atoms with Crippen LogP contribution in [0.2, 0.25) is 0 Å². The molecule has 1 saturated heterocycles. The molecular formula is C15H18N2O3. The maximum atomic E-state index is 11.7. The molecule has 1 aromatic carbocycles. The molecule has 0 radical (unpaired) electrons. The number of rotatable bonds is 3. The van der Waals surface area contributed by atoms with Gasteiger partial charge in [-0.25, -0.2) is 4.79 Å². The van der Waals surface area contributed by atoms with Gasteiger partial charge in [0, 0.05) is 24.3 Å². The number of urea groups is 1. The Morgan fingerprint density at radius 3 is 2.85 bits per heavy atom. The van der Waals surface area contributed by atoms with Gasteiger partial charge in [0.25, 0.3) is 0 Å². The number of nitrogens with one attached hydrogen (secondary N) is 2. The van der Waals surface area contributed by atoms with E-state index in [2.05, 4.69) is 22.5 Å². The summed E-state index contributed by atoms with van der Waals surface area (Å²) in [5.74, 6) is 5.78. The van der Waals surface area contributed by atoms with Crippen LogP contribution >= 0.6 is 0 Å². The fraction of sp³-hybridized carbons (Fsp3) is 0.400. The van der Waals surface area contributed by atoms with E-state index in [9.17, 15) is 4.79 Å². The molecule has 0 aromatic heterocycles. The van der Waals surface area contributed by atoms with Crippen LogP contribution in [-0.2, 0) is 4.74 Å². The van der Waals surface area contributed by atoms with Crippen molar-refractivity contribution in [3.63, 3.8) is 0 Å². The lowest BCUT2D eigenvalue weighted by atomic mass is 10.2. The Morgan fingerprint density at radius 1 is 1.40 bits per heavy atom. The number of amides is 2. The zero-order chi connectivity index (χ0) is 14.2. The third-order valence-corrected chi connectivity index (χ3v) is 2.88. The summed E-state index contributed by atoms with van der Waals surface area (Å²) in [6.07, 6.45) is 1.32. The lowest BCUT2D eigenvalue weighted by Crippen LogP contribution is -2.38. The Labute approximate surface area is 118 Å². The first-order valence-electron chi connectivity index (χ1n) is 6.63. The van der Waals surface area contributed by atoms with Gasteiger partial charge < -0.3 is 20.5 Å². The highest BCUT2D eigenvalue weighted by Gasteiger charge is 2.17. The SMILES string of the molecule is O=C(Nc1ccc(C#CCCO)cc1)NC1CCOC1. The topological polar surface area (TPSA) is 70.6 Å². The Balaban J connectivity index is 1.83. The Hall–Kier alpha value is -2.03. The van der Waals surface area contributed by atoms with Crippen molar-refractivity contribution in [2.24, 2.45) is 0 Å². The summed E-state index contributed by atoms with van der Waals surface area (Å²) in [7, 11) is 0. The molecule has 0 spiro atoms. The van der Waals surface area contributed by atoms with Crippen LogP contribution < -0.4 is 10.6 Å². The number of aliphatic hydroxyl groups excluding tert-OH is 1.